The molecule has 0 fully saturated rings. The Morgan fingerprint density at radius 1 is 0.805 bits per heavy atom. The van der Waals surface area contributed by atoms with E-state index in [0.717, 1.165) is 5.56 Å². The van der Waals surface area contributed by atoms with Crippen LogP contribution >= 0.6 is 47.1 Å². The standard InChI is InChI=1S/C12H13N3O2S2.C11H11N5O3S2.Co/c1-3-15-11(17)10(19-12(15)18)14-13-8-6-7(2)4-5-9(8)16;1-2-16-10(18)9(21-11(16)20)14-13-7-5-6(12-15-19)3-4-8(7)17;/h4-6,16-17H,3H2,1-2H3;3-5,17-18H,2H2,1H3,(H,12,19);/q;;+4/p-4. The van der Waals surface area contributed by atoms with Gasteiger partial charge in [0, 0.05) is 0 Å². The fourth-order valence-corrected chi connectivity index (χ4v) is 8.45. The van der Waals surface area contributed by atoms with E-state index >= 15 is 0 Å². The van der Waals surface area contributed by atoms with Gasteiger partial charge in [0.1, 0.15) is 0 Å². The number of fused-ring (bicyclic) bond motifs is 4. The summed E-state index contributed by atoms with van der Waals surface area (Å²) in [4.78, 5) is 0. The molecule has 0 bridgehead atoms. The van der Waals surface area contributed by atoms with E-state index < -0.39 is 13.9 Å². The molecule has 215 valence electrons. The van der Waals surface area contributed by atoms with Gasteiger partial charge in [-0.05, 0) is 0 Å². The second kappa shape index (κ2) is 11.0. The van der Waals surface area contributed by atoms with Crippen LogP contribution in [0.2, 0.25) is 0 Å². The number of hydrogen-bond donors (Lipinski definition) is 1. The molecule has 4 heterocycles. The zero-order chi connectivity index (χ0) is 28.7. The molecular formula is C23H20CoN8O5S4. The minimum absolute atomic E-state index is 0.218. The normalized spacial score (nSPS) is 18.8. The summed E-state index contributed by atoms with van der Waals surface area (Å²) in [5, 5.41) is 34.1. The van der Waals surface area contributed by atoms with Crippen LogP contribution in [0.5, 0.6) is 23.3 Å². The molecule has 6 rings (SSSR count). The van der Waals surface area contributed by atoms with Crippen molar-refractivity contribution in [2.75, 3.05) is 0 Å². The molecule has 0 radical (unpaired) electrons. The molecule has 2 aliphatic rings. The van der Waals surface area contributed by atoms with Crippen LogP contribution in [-0.2, 0) is 27.0 Å². The third kappa shape index (κ3) is 5.17. The summed E-state index contributed by atoms with van der Waals surface area (Å²) in [5.74, 6) is 1.08. The summed E-state index contributed by atoms with van der Waals surface area (Å²) in [6, 6.07) is 10.2. The van der Waals surface area contributed by atoms with E-state index in [1.807, 2.05) is 32.9 Å². The molecule has 13 nitrogen and oxygen atoms in total. The second-order valence-electron chi connectivity index (χ2n) is 8.26. The third-order valence-electron chi connectivity index (χ3n) is 5.62. The molecule has 0 saturated carbocycles. The molecule has 0 aliphatic carbocycles. The number of nitrogens with zero attached hydrogens (tertiary/aromatic N) is 8. The number of aryl methyl sites for hydroxylation is 1. The maximum atomic E-state index is 8.98. The van der Waals surface area contributed by atoms with Crippen molar-refractivity contribution in [3.05, 3.63) is 49.9 Å². The van der Waals surface area contributed by atoms with Gasteiger partial charge in [-0.1, -0.05) is 0 Å². The molecule has 41 heavy (non-hydrogen) atoms. The number of hydrogen-bond acceptors (Lipinski definition) is 14. The van der Waals surface area contributed by atoms with Gasteiger partial charge in [-0.3, -0.25) is 0 Å². The van der Waals surface area contributed by atoms with Crippen molar-refractivity contribution in [3.8, 4) is 23.3 Å². The average molecular weight is 676 g/mol. The van der Waals surface area contributed by atoms with E-state index in [0.29, 0.717) is 48.1 Å². The summed E-state index contributed by atoms with van der Waals surface area (Å²) in [6.45, 7) is 6.75. The molecule has 18 heteroatoms. The van der Waals surface area contributed by atoms with Gasteiger partial charge < -0.3 is 0 Å². The molecule has 4 aromatic rings. The summed E-state index contributed by atoms with van der Waals surface area (Å²) in [5.41, 5.74) is 1.97. The van der Waals surface area contributed by atoms with Gasteiger partial charge >= 0.3 is 256 Å². The SMILES string of the molecule is CCn1c2c(sc1=S)N=Nc1cc(C)ccc1[O][Co]1([O]c3ccc(/N=N/O)cc3N=Nc3sc(=S)n(CC)c3[O]1)[O]2. The predicted molar refractivity (Wildman–Crippen MR) is 152 cm³/mol. The van der Waals surface area contributed by atoms with Gasteiger partial charge in [0.15, 0.2) is 0 Å². The van der Waals surface area contributed by atoms with Crippen molar-refractivity contribution in [1.82, 2.24) is 9.13 Å². The Bertz CT molecular complexity index is 1880. The molecule has 1 unspecified atom stereocenters. The van der Waals surface area contributed by atoms with Crippen LogP contribution in [-0.4, -0.2) is 14.3 Å². The molecule has 1 atom stereocenters. The molecule has 2 aromatic heterocycles. The molecule has 2 aliphatic heterocycles. The van der Waals surface area contributed by atoms with Gasteiger partial charge in [-0.2, -0.15) is 0 Å². The number of aromatic nitrogens is 2. The fourth-order valence-electron chi connectivity index (χ4n) is 3.70. The van der Waals surface area contributed by atoms with Crippen LogP contribution in [0, 0.1) is 14.8 Å². The van der Waals surface area contributed by atoms with Crippen LogP contribution in [0.1, 0.15) is 19.4 Å². The van der Waals surface area contributed by atoms with Crippen LogP contribution < -0.4 is 15.4 Å². The molecule has 1 N–H and O–H groups in total. The predicted octanol–water partition coefficient (Wildman–Crippen LogP) is 9.58. The number of thiazole rings is 2. The van der Waals surface area contributed by atoms with Crippen molar-refractivity contribution < 1.29 is 34.5 Å². The monoisotopic (exact) mass is 675 g/mol. The van der Waals surface area contributed by atoms with Gasteiger partial charge in [-0.25, -0.2) is 0 Å². The minimum atomic E-state index is -3.95. The van der Waals surface area contributed by atoms with Gasteiger partial charge in [0.2, 0.25) is 0 Å². The van der Waals surface area contributed by atoms with Crippen molar-refractivity contribution in [2.45, 2.75) is 33.9 Å². The zero-order valence-electron chi connectivity index (χ0n) is 21.5. The van der Waals surface area contributed by atoms with E-state index in [4.69, 9.17) is 45.0 Å². The van der Waals surface area contributed by atoms with E-state index in [9.17, 15) is 0 Å². The first-order chi connectivity index (χ1) is 19.8. The van der Waals surface area contributed by atoms with E-state index in [1.54, 1.807) is 27.3 Å². The summed E-state index contributed by atoms with van der Waals surface area (Å²) < 4.78 is 31.0. The van der Waals surface area contributed by atoms with Gasteiger partial charge in [-0.15, -0.1) is 0 Å². The van der Waals surface area contributed by atoms with Crippen molar-refractivity contribution in [1.29, 1.82) is 0 Å². The van der Waals surface area contributed by atoms with Crippen molar-refractivity contribution in [2.24, 2.45) is 30.8 Å². The summed E-state index contributed by atoms with van der Waals surface area (Å²) in [7, 11) is 0. The van der Waals surface area contributed by atoms with Crippen LogP contribution in [0.3, 0.4) is 0 Å². The Labute approximate surface area is 254 Å². The van der Waals surface area contributed by atoms with E-state index in [-0.39, 0.29) is 23.2 Å². The first kappa shape index (κ1) is 27.6. The molecule has 1 spiro atoms. The average Bonchev–Trinajstić information content (AvgIpc) is 3.44. The van der Waals surface area contributed by atoms with Crippen LogP contribution in [0.15, 0.2) is 67.2 Å². The van der Waals surface area contributed by atoms with Crippen LogP contribution in [0.25, 0.3) is 0 Å². The van der Waals surface area contributed by atoms with Crippen molar-refractivity contribution >= 4 is 74.2 Å². The molecule has 0 amide bonds. The van der Waals surface area contributed by atoms with E-state index in [1.165, 1.54) is 28.7 Å². The number of azo groups is 2. The van der Waals surface area contributed by atoms with Crippen LogP contribution in [0.4, 0.5) is 27.1 Å². The Morgan fingerprint density at radius 3 is 1.88 bits per heavy atom. The van der Waals surface area contributed by atoms with E-state index in [2.05, 4.69) is 30.8 Å². The summed E-state index contributed by atoms with van der Waals surface area (Å²) >= 11 is 9.73. The summed E-state index contributed by atoms with van der Waals surface area (Å²) in [6.07, 6.45) is 0. The number of rotatable bonds is 3. The Balaban J connectivity index is 1.65. The topological polar surface area (TPSA) is 141 Å². The number of benzene rings is 2. The third-order valence-corrected chi connectivity index (χ3v) is 10.2. The molecule has 2 aromatic carbocycles. The second-order valence-corrected chi connectivity index (χ2v) is 13.4. The van der Waals surface area contributed by atoms with Crippen molar-refractivity contribution in [3.63, 3.8) is 0 Å². The Morgan fingerprint density at radius 2 is 1.34 bits per heavy atom. The first-order valence-corrected chi connectivity index (χ1v) is 16.1. The quantitative estimate of drug-likeness (QED) is 0.129. The maximum absolute atomic E-state index is 8.98. The fraction of sp³-hybridized carbons (Fsp3) is 0.217. The van der Waals surface area contributed by atoms with Gasteiger partial charge in [0.05, 0.1) is 0 Å². The molecule has 0 saturated heterocycles. The van der Waals surface area contributed by atoms with Gasteiger partial charge in [0.25, 0.3) is 0 Å². The zero-order valence-corrected chi connectivity index (χ0v) is 25.8. The Kier molecular flexibility index (Phi) is 7.42. The Hall–Kier alpha value is -3.55. The first-order valence-electron chi connectivity index (χ1n) is 11.9. The molecular weight excluding hydrogens is 656 g/mol.